The van der Waals surface area contributed by atoms with Crippen molar-refractivity contribution in [2.24, 2.45) is 0 Å². The zero-order valence-corrected chi connectivity index (χ0v) is 18.0. The average molecular weight is 462 g/mol. The summed E-state index contributed by atoms with van der Waals surface area (Å²) in [5.41, 5.74) is 2.11. The Morgan fingerprint density at radius 1 is 0.938 bits per heavy atom. The van der Waals surface area contributed by atoms with Gasteiger partial charge < -0.3 is 5.32 Å². The SMILES string of the molecule is O=S(=O)(Cc1cccc(F)n1)c1c(F)cc(NCc2ccccc2CN2CCC2)cc1F. The lowest BCUT2D eigenvalue weighted by Crippen LogP contribution is -2.36. The number of aromatic nitrogens is 1. The third-order valence-corrected chi connectivity index (χ3v) is 7.05. The molecule has 1 N–H and O–H groups in total. The largest absolute Gasteiger partial charge is 0.381 e. The zero-order chi connectivity index (χ0) is 22.7. The van der Waals surface area contributed by atoms with Gasteiger partial charge in [0.15, 0.2) is 9.84 Å². The molecule has 0 amide bonds. The number of anilines is 1. The first-order valence-corrected chi connectivity index (χ1v) is 11.8. The van der Waals surface area contributed by atoms with Crippen molar-refractivity contribution in [3.8, 4) is 0 Å². The van der Waals surface area contributed by atoms with E-state index >= 15 is 0 Å². The molecule has 0 atom stereocenters. The van der Waals surface area contributed by atoms with Gasteiger partial charge in [-0.2, -0.15) is 4.39 Å². The summed E-state index contributed by atoms with van der Waals surface area (Å²) in [4.78, 5) is 4.72. The molecule has 5 nitrogen and oxygen atoms in total. The molecule has 1 fully saturated rings. The molecule has 4 rings (SSSR count). The van der Waals surface area contributed by atoms with Crippen molar-refractivity contribution in [1.29, 1.82) is 0 Å². The average Bonchev–Trinajstić information content (AvgIpc) is 2.68. The van der Waals surface area contributed by atoms with Crippen LogP contribution in [0.3, 0.4) is 0 Å². The molecule has 1 aliphatic heterocycles. The summed E-state index contributed by atoms with van der Waals surface area (Å²) in [5.74, 6) is -4.10. The first kappa shape index (κ1) is 22.3. The number of sulfone groups is 1. The van der Waals surface area contributed by atoms with E-state index in [1.807, 2.05) is 24.3 Å². The summed E-state index contributed by atoms with van der Waals surface area (Å²) in [6.45, 7) is 3.26. The number of pyridine rings is 1. The Hall–Kier alpha value is -2.91. The Bertz CT molecular complexity index is 1210. The lowest BCUT2D eigenvalue weighted by atomic mass is 10.1. The molecule has 168 valence electrons. The maximum atomic E-state index is 14.7. The van der Waals surface area contributed by atoms with E-state index in [1.54, 1.807) is 0 Å². The van der Waals surface area contributed by atoms with Gasteiger partial charge in [-0.25, -0.2) is 22.2 Å². The molecule has 0 radical (unpaired) electrons. The number of hydrogen-bond donors (Lipinski definition) is 1. The van der Waals surface area contributed by atoms with Crippen LogP contribution in [-0.4, -0.2) is 31.4 Å². The summed E-state index contributed by atoms with van der Waals surface area (Å²) < 4.78 is 67.7. The predicted molar refractivity (Wildman–Crippen MR) is 115 cm³/mol. The first-order valence-electron chi connectivity index (χ1n) is 10.2. The molecule has 1 aliphatic rings. The molecule has 0 spiro atoms. The number of rotatable bonds is 8. The molecule has 9 heteroatoms. The van der Waals surface area contributed by atoms with Crippen LogP contribution in [0.4, 0.5) is 18.9 Å². The highest BCUT2D eigenvalue weighted by Gasteiger charge is 2.26. The number of hydrogen-bond acceptors (Lipinski definition) is 5. The highest BCUT2D eigenvalue weighted by Crippen LogP contribution is 2.27. The van der Waals surface area contributed by atoms with Crippen LogP contribution >= 0.6 is 0 Å². The standard InChI is InChI=1S/C23H22F3N3O2S/c24-20-11-19(27-13-16-5-1-2-6-17(16)14-29-9-4-10-29)12-21(25)23(20)32(30,31)15-18-7-3-8-22(26)28-18/h1-3,5-8,11-12,27H,4,9-10,13-15H2. The number of nitrogens with one attached hydrogen (secondary N) is 1. The summed E-state index contributed by atoms with van der Waals surface area (Å²) >= 11 is 0. The van der Waals surface area contributed by atoms with Gasteiger partial charge in [-0.15, -0.1) is 0 Å². The number of halogens is 3. The van der Waals surface area contributed by atoms with Crippen molar-refractivity contribution in [1.82, 2.24) is 9.88 Å². The van der Waals surface area contributed by atoms with E-state index in [-0.39, 0.29) is 11.4 Å². The summed E-state index contributed by atoms with van der Waals surface area (Å²) in [6.07, 6.45) is 1.18. The smallest absolute Gasteiger partial charge is 0.213 e. The molecule has 2 heterocycles. The zero-order valence-electron chi connectivity index (χ0n) is 17.2. The Kier molecular flexibility index (Phi) is 6.48. The van der Waals surface area contributed by atoms with Crippen LogP contribution in [0.25, 0.3) is 0 Å². The second kappa shape index (κ2) is 9.30. The monoisotopic (exact) mass is 461 g/mol. The molecule has 0 unspecified atom stereocenters. The van der Waals surface area contributed by atoms with E-state index < -0.39 is 38.1 Å². The van der Waals surface area contributed by atoms with Crippen molar-refractivity contribution < 1.29 is 21.6 Å². The fourth-order valence-corrected chi connectivity index (χ4v) is 5.03. The van der Waals surface area contributed by atoms with Gasteiger partial charge in [0.1, 0.15) is 16.5 Å². The number of nitrogens with zero attached hydrogens (tertiary/aromatic N) is 2. The molecule has 1 saturated heterocycles. The van der Waals surface area contributed by atoms with Crippen molar-refractivity contribution in [2.75, 3.05) is 18.4 Å². The predicted octanol–water partition coefficient (Wildman–Crippen LogP) is 4.29. The van der Waals surface area contributed by atoms with Crippen LogP contribution in [0.2, 0.25) is 0 Å². The van der Waals surface area contributed by atoms with Gasteiger partial charge in [-0.3, -0.25) is 4.90 Å². The van der Waals surface area contributed by atoms with Gasteiger partial charge in [-0.05, 0) is 54.9 Å². The quantitative estimate of drug-likeness (QED) is 0.507. The van der Waals surface area contributed by atoms with Crippen molar-refractivity contribution >= 4 is 15.5 Å². The van der Waals surface area contributed by atoms with Crippen LogP contribution in [0.15, 0.2) is 59.5 Å². The van der Waals surface area contributed by atoms with Gasteiger partial charge in [0.05, 0.1) is 11.4 Å². The van der Waals surface area contributed by atoms with Crippen LogP contribution in [0, 0.1) is 17.6 Å². The summed E-state index contributed by atoms with van der Waals surface area (Å²) in [6, 6.07) is 13.3. The van der Waals surface area contributed by atoms with Crippen molar-refractivity contribution in [2.45, 2.75) is 30.2 Å². The molecule has 1 aromatic heterocycles. The Morgan fingerprint density at radius 2 is 1.62 bits per heavy atom. The second-order valence-corrected chi connectivity index (χ2v) is 9.66. The Morgan fingerprint density at radius 3 is 2.25 bits per heavy atom. The van der Waals surface area contributed by atoms with Gasteiger partial charge in [-0.1, -0.05) is 30.3 Å². The van der Waals surface area contributed by atoms with Gasteiger partial charge in [0.25, 0.3) is 0 Å². The summed E-state index contributed by atoms with van der Waals surface area (Å²) in [5, 5.41) is 2.97. The summed E-state index contributed by atoms with van der Waals surface area (Å²) in [7, 11) is -4.40. The fourth-order valence-electron chi connectivity index (χ4n) is 3.62. The van der Waals surface area contributed by atoms with E-state index in [2.05, 4.69) is 15.2 Å². The highest BCUT2D eigenvalue weighted by molar-refractivity contribution is 7.90. The minimum Gasteiger partial charge on any atom is -0.381 e. The molecule has 0 bridgehead atoms. The first-order chi connectivity index (χ1) is 15.3. The Labute approximate surface area is 184 Å². The van der Waals surface area contributed by atoms with E-state index in [0.717, 1.165) is 49.0 Å². The second-order valence-electron chi connectivity index (χ2n) is 7.73. The van der Waals surface area contributed by atoms with Crippen LogP contribution in [0.5, 0.6) is 0 Å². The molecule has 2 aromatic carbocycles. The van der Waals surface area contributed by atoms with Gasteiger partial charge in [0, 0.05) is 18.8 Å². The third-order valence-electron chi connectivity index (χ3n) is 5.36. The topological polar surface area (TPSA) is 62.3 Å². The number of likely N-dealkylation sites (tertiary alicyclic amines) is 1. The van der Waals surface area contributed by atoms with E-state index in [9.17, 15) is 21.6 Å². The minimum absolute atomic E-state index is 0.126. The lowest BCUT2D eigenvalue weighted by Gasteiger charge is -2.31. The highest BCUT2D eigenvalue weighted by atomic mass is 32.2. The number of benzene rings is 2. The third kappa shape index (κ3) is 5.11. The van der Waals surface area contributed by atoms with E-state index in [4.69, 9.17) is 0 Å². The van der Waals surface area contributed by atoms with Crippen LogP contribution in [-0.2, 0) is 28.7 Å². The van der Waals surface area contributed by atoms with Gasteiger partial charge in [0.2, 0.25) is 5.95 Å². The van der Waals surface area contributed by atoms with Crippen molar-refractivity contribution in [3.63, 3.8) is 0 Å². The van der Waals surface area contributed by atoms with Crippen LogP contribution in [0.1, 0.15) is 23.2 Å². The van der Waals surface area contributed by atoms with Crippen LogP contribution < -0.4 is 5.32 Å². The van der Waals surface area contributed by atoms with E-state index in [0.29, 0.717) is 6.54 Å². The van der Waals surface area contributed by atoms with E-state index in [1.165, 1.54) is 18.6 Å². The maximum absolute atomic E-state index is 14.7. The molecule has 32 heavy (non-hydrogen) atoms. The lowest BCUT2D eigenvalue weighted by molar-refractivity contribution is 0.172. The molecule has 0 aliphatic carbocycles. The molecule has 0 saturated carbocycles. The van der Waals surface area contributed by atoms with Crippen molar-refractivity contribution in [3.05, 3.63) is 89.0 Å². The maximum Gasteiger partial charge on any atom is 0.213 e. The molecular weight excluding hydrogens is 439 g/mol. The molecule has 3 aromatic rings. The normalized spacial score (nSPS) is 14.2. The minimum atomic E-state index is -4.40. The Balaban J connectivity index is 1.51. The molecular formula is C23H22F3N3O2S. The van der Waals surface area contributed by atoms with Gasteiger partial charge >= 0.3 is 0 Å². The fraction of sp³-hybridized carbons (Fsp3) is 0.261.